The number of fused-ring (bicyclic) bond motifs is 1. The molecule has 0 saturated carbocycles. The van der Waals surface area contributed by atoms with Crippen molar-refractivity contribution in [2.24, 2.45) is 0 Å². The summed E-state index contributed by atoms with van der Waals surface area (Å²) in [5.74, 6) is -0.0604. The molecule has 0 N–H and O–H groups in total. The molecule has 2 heterocycles. The molecule has 5 heteroatoms. The first-order valence-electron chi connectivity index (χ1n) is 6.64. The molecule has 0 fully saturated rings. The highest BCUT2D eigenvalue weighted by Gasteiger charge is 2.17. The van der Waals surface area contributed by atoms with E-state index in [9.17, 15) is 9.59 Å². The van der Waals surface area contributed by atoms with Crippen LogP contribution in [0.15, 0.2) is 46.8 Å². The van der Waals surface area contributed by atoms with Gasteiger partial charge in [0.25, 0.3) is 5.56 Å². The maximum Gasteiger partial charge on any atom is 0.263 e. The number of hydrogen-bond donors (Lipinski definition) is 0. The van der Waals surface area contributed by atoms with Crippen molar-refractivity contribution in [3.8, 4) is 11.1 Å². The molecule has 0 aliphatic rings. The summed E-state index contributed by atoms with van der Waals surface area (Å²) in [6, 6.07) is 9.24. The van der Waals surface area contributed by atoms with Gasteiger partial charge in [-0.3, -0.25) is 14.2 Å². The van der Waals surface area contributed by atoms with Crippen molar-refractivity contribution in [1.82, 2.24) is 9.55 Å². The maximum absolute atomic E-state index is 12.7. The van der Waals surface area contributed by atoms with Crippen molar-refractivity contribution in [3.63, 3.8) is 0 Å². The molecule has 4 nitrogen and oxygen atoms in total. The summed E-state index contributed by atoms with van der Waals surface area (Å²) in [5, 5.41) is 2.53. The Hall–Kier alpha value is -2.27. The van der Waals surface area contributed by atoms with Crippen molar-refractivity contribution >= 4 is 27.3 Å². The average molecular weight is 298 g/mol. The molecule has 0 saturated heterocycles. The van der Waals surface area contributed by atoms with Crippen LogP contribution in [-0.4, -0.2) is 15.3 Å². The molecule has 0 aliphatic carbocycles. The third kappa shape index (κ3) is 2.29. The summed E-state index contributed by atoms with van der Waals surface area (Å²) in [6.45, 7) is 3.19. The number of hydrogen-bond acceptors (Lipinski definition) is 4. The quantitative estimate of drug-likeness (QED) is 0.745. The number of thiophene rings is 1. The molecule has 3 rings (SSSR count). The van der Waals surface area contributed by atoms with Gasteiger partial charge in [-0.2, -0.15) is 0 Å². The van der Waals surface area contributed by atoms with Crippen LogP contribution >= 0.6 is 11.3 Å². The van der Waals surface area contributed by atoms with Gasteiger partial charge in [0.15, 0.2) is 5.78 Å². The molecule has 3 aromatic rings. The summed E-state index contributed by atoms with van der Waals surface area (Å²) in [4.78, 5) is 29.3. The van der Waals surface area contributed by atoms with Crippen LogP contribution in [0.1, 0.15) is 19.9 Å². The van der Waals surface area contributed by atoms with Crippen molar-refractivity contribution in [3.05, 3.63) is 52.4 Å². The fraction of sp³-hybridized carbons (Fsp3) is 0.188. The number of ketones is 1. The van der Waals surface area contributed by atoms with Crippen LogP contribution in [0.25, 0.3) is 21.3 Å². The van der Waals surface area contributed by atoms with Crippen LogP contribution in [0.5, 0.6) is 0 Å². The number of carbonyl (C=O) groups is 1. The molecule has 106 valence electrons. The molecular formula is C16H14N2O2S. The molecule has 0 radical (unpaired) electrons. The second-order valence-electron chi connectivity index (χ2n) is 4.94. The Morgan fingerprint density at radius 3 is 2.67 bits per heavy atom. The molecule has 1 atom stereocenters. The highest BCUT2D eigenvalue weighted by Crippen LogP contribution is 2.30. The average Bonchev–Trinajstić information content (AvgIpc) is 2.92. The number of Topliss-reactive ketones (excluding diaryl/α,β-unsaturated/α-hetero) is 1. The fourth-order valence-corrected chi connectivity index (χ4v) is 3.15. The second-order valence-corrected chi connectivity index (χ2v) is 5.80. The highest BCUT2D eigenvalue weighted by atomic mass is 32.1. The zero-order valence-corrected chi connectivity index (χ0v) is 12.6. The number of aromatic nitrogens is 2. The number of benzene rings is 1. The summed E-state index contributed by atoms with van der Waals surface area (Å²) in [7, 11) is 0. The van der Waals surface area contributed by atoms with Crippen LogP contribution in [0.3, 0.4) is 0 Å². The first-order chi connectivity index (χ1) is 10.1. The van der Waals surface area contributed by atoms with E-state index in [0.717, 1.165) is 11.1 Å². The normalized spacial score (nSPS) is 12.5. The van der Waals surface area contributed by atoms with E-state index in [1.807, 2.05) is 35.7 Å². The summed E-state index contributed by atoms with van der Waals surface area (Å²) in [6.07, 6.45) is 1.46. The monoisotopic (exact) mass is 298 g/mol. The van der Waals surface area contributed by atoms with Gasteiger partial charge in [-0.15, -0.1) is 11.3 Å². The molecule has 0 spiro atoms. The van der Waals surface area contributed by atoms with E-state index in [2.05, 4.69) is 4.98 Å². The van der Waals surface area contributed by atoms with Crippen LogP contribution in [-0.2, 0) is 4.79 Å². The molecule has 0 bridgehead atoms. The predicted octanol–water partition coefficient (Wildman–Crippen LogP) is 3.28. The standard InChI is InChI=1S/C16H14N2O2S/c1-10(11(2)19)18-9-17-15-14(16(18)20)13(8-21-15)12-6-4-3-5-7-12/h3-10H,1-2H3. The van der Waals surface area contributed by atoms with Crippen LogP contribution in [0.2, 0.25) is 0 Å². The molecule has 0 amide bonds. The molecular weight excluding hydrogens is 284 g/mol. The zero-order chi connectivity index (χ0) is 15.0. The smallest absolute Gasteiger partial charge is 0.263 e. The van der Waals surface area contributed by atoms with E-state index in [4.69, 9.17) is 0 Å². The Morgan fingerprint density at radius 2 is 2.00 bits per heavy atom. The predicted molar refractivity (Wildman–Crippen MR) is 84.7 cm³/mol. The van der Waals surface area contributed by atoms with E-state index < -0.39 is 6.04 Å². The number of rotatable bonds is 3. The van der Waals surface area contributed by atoms with E-state index in [-0.39, 0.29) is 11.3 Å². The Bertz CT molecular complexity index is 865. The van der Waals surface area contributed by atoms with Crippen molar-refractivity contribution in [1.29, 1.82) is 0 Å². The van der Waals surface area contributed by atoms with E-state index >= 15 is 0 Å². The first kappa shape index (κ1) is 13.7. The Morgan fingerprint density at radius 1 is 1.29 bits per heavy atom. The third-order valence-electron chi connectivity index (χ3n) is 3.61. The topological polar surface area (TPSA) is 52.0 Å². The minimum atomic E-state index is -0.502. The van der Waals surface area contributed by atoms with Gasteiger partial charge in [0, 0.05) is 10.9 Å². The molecule has 0 aliphatic heterocycles. The first-order valence-corrected chi connectivity index (χ1v) is 7.51. The Kier molecular flexibility index (Phi) is 3.43. The fourth-order valence-electron chi connectivity index (χ4n) is 2.25. The molecule has 1 aromatic carbocycles. The minimum absolute atomic E-state index is 0.0604. The van der Waals surface area contributed by atoms with E-state index in [0.29, 0.717) is 10.2 Å². The third-order valence-corrected chi connectivity index (χ3v) is 4.50. The summed E-state index contributed by atoms with van der Waals surface area (Å²) >= 11 is 1.44. The van der Waals surface area contributed by atoms with Gasteiger partial charge in [0.2, 0.25) is 0 Å². The van der Waals surface area contributed by atoms with Gasteiger partial charge in [0.05, 0.1) is 17.8 Å². The maximum atomic E-state index is 12.7. The zero-order valence-electron chi connectivity index (χ0n) is 11.7. The Balaban J connectivity index is 2.28. The van der Waals surface area contributed by atoms with Gasteiger partial charge in [-0.25, -0.2) is 4.98 Å². The lowest BCUT2D eigenvalue weighted by Gasteiger charge is -2.11. The van der Waals surface area contributed by atoms with Crippen molar-refractivity contribution in [2.75, 3.05) is 0 Å². The van der Waals surface area contributed by atoms with Gasteiger partial charge in [-0.05, 0) is 19.4 Å². The second kappa shape index (κ2) is 5.26. The lowest BCUT2D eigenvalue weighted by molar-refractivity contribution is -0.119. The lowest BCUT2D eigenvalue weighted by Crippen LogP contribution is -2.27. The molecule has 1 unspecified atom stereocenters. The van der Waals surface area contributed by atoms with Gasteiger partial charge >= 0.3 is 0 Å². The van der Waals surface area contributed by atoms with Gasteiger partial charge in [-0.1, -0.05) is 30.3 Å². The van der Waals surface area contributed by atoms with Crippen LogP contribution < -0.4 is 5.56 Å². The SMILES string of the molecule is CC(=O)C(C)n1cnc2scc(-c3ccccc3)c2c1=O. The number of carbonyl (C=O) groups excluding carboxylic acids is 1. The Labute approximate surface area is 125 Å². The highest BCUT2D eigenvalue weighted by molar-refractivity contribution is 7.17. The van der Waals surface area contributed by atoms with Gasteiger partial charge < -0.3 is 0 Å². The van der Waals surface area contributed by atoms with E-state index in [1.165, 1.54) is 29.2 Å². The van der Waals surface area contributed by atoms with Crippen molar-refractivity contribution in [2.45, 2.75) is 19.9 Å². The molecule has 2 aromatic heterocycles. The molecule has 21 heavy (non-hydrogen) atoms. The summed E-state index contributed by atoms with van der Waals surface area (Å²) in [5.41, 5.74) is 1.69. The largest absolute Gasteiger partial charge is 0.298 e. The minimum Gasteiger partial charge on any atom is -0.298 e. The van der Waals surface area contributed by atoms with Gasteiger partial charge in [0.1, 0.15) is 4.83 Å². The van der Waals surface area contributed by atoms with Crippen molar-refractivity contribution < 1.29 is 4.79 Å². The van der Waals surface area contributed by atoms with Crippen LogP contribution in [0.4, 0.5) is 0 Å². The lowest BCUT2D eigenvalue weighted by atomic mass is 10.1. The number of nitrogens with zero attached hydrogens (tertiary/aromatic N) is 2. The summed E-state index contributed by atoms with van der Waals surface area (Å²) < 4.78 is 1.41. The van der Waals surface area contributed by atoms with Crippen LogP contribution in [0, 0.1) is 0 Å². The van der Waals surface area contributed by atoms with E-state index in [1.54, 1.807) is 6.92 Å².